The van der Waals surface area contributed by atoms with Crippen LogP contribution in [0.3, 0.4) is 0 Å². The van der Waals surface area contributed by atoms with Gasteiger partial charge in [0.2, 0.25) is 0 Å². The molecule has 0 aromatic heterocycles. The minimum Gasteiger partial charge on any atom is -0.0842 e. The minimum absolute atomic E-state index is 0.499. The molecule has 0 amide bonds. The molecule has 0 radical (unpaired) electrons. The molecular formula is C12H10Br2. The molecule has 0 fully saturated rings. The Morgan fingerprint density at radius 1 is 1.29 bits per heavy atom. The Morgan fingerprint density at radius 3 is 2.79 bits per heavy atom. The van der Waals surface area contributed by atoms with Gasteiger partial charge >= 0.3 is 0 Å². The second kappa shape index (κ2) is 4.45. The zero-order valence-corrected chi connectivity index (χ0v) is 10.8. The van der Waals surface area contributed by atoms with Gasteiger partial charge in [0.25, 0.3) is 0 Å². The second-order valence-corrected chi connectivity index (χ2v) is 5.37. The van der Waals surface area contributed by atoms with Gasteiger partial charge in [-0.3, -0.25) is 0 Å². The molecule has 2 heteroatoms. The van der Waals surface area contributed by atoms with Crippen molar-refractivity contribution < 1.29 is 0 Å². The molecule has 0 saturated carbocycles. The first-order chi connectivity index (χ1) is 6.75. The quantitative estimate of drug-likeness (QED) is 0.667. The third-order valence-corrected chi connectivity index (χ3v) is 3.38. The Morgan fingerprint density at radius 2 is 2.14 bits per heavy atom. The standard InChI is InChI=1S/C12H10Br2/c13-11-6-4-9(5-7-11)10-2-1-3-12(14)8-10/h1-6,8,11H,7H2. The predicted molar refractivity (Wildman–Crippen MR) is 68.6 cm³/mol. The van der Waals surface area contributed by atoms with Crippen molar-refractivity contribution in [1.82, 2.24) is 0 Å². The maximum Gasteiger partial charge on any atom is 0.0363 e. The largest absolute Gasteiger partial charge is 0.0842 e. The van der Waals surface area contributed by atoms with Gasteiger partial charge in [-0.25, -0.2) is 0 Å². The van der Waals surface area contributed by atoms with Crippen molar-refractivity contribution in [3.63, 3.8) is 0 Å². The van der Waals surface area contributed by atoms with E-state index < -0.39 is 0 Å². The lowest BCUT2D eigenvalue weighted by Crippen LogP contribution is -1.96. The molecule has 0 bridgehead atoms. The molecule has 1 aromatic rings. The van der Waals surface area contributed by atoms with Gasteiger partial charge in [0.1, 0.15) is 0 Å². The molecule has 2 rings (SSSR count). The van der Waals surface area contributed by atoms with Crippen molar-refractivity contribution in [1.29, 1.82) is 0 Å². The Hall–Kier alpha value is -0.340. The monoisotopic (exact) mass is 312 g/mol. The van der Waals surface area contributed by atoms with E-state index in [4.69, 9.17) is 0 Å². The lowest BCUT2D eigenvalue weighted by molar-refractivity contribution is 1.08. The van der Waals surface area contributed by atoms with Gasteiger partial charge in [0.05, 0.1) is 0 Å². The summed E-state index contributed by atoms with van der Waals surface area (Å²) in [6, 6.07) is 8.39. The number of benzene rings is 1. The first-order valence-corrected chi connectivity index (χ1v) is 6.25. The summed E-state index contributed by atoms with van der Waals surface area (Å²) in [5, 5.41) is 0. The Kier molecular flexibility index (Phi) is 3.24. The molecule has 1 aliphatic rings. The molecule has 14 heavy (non-hydrogen) atoms. The van der Waals surface area contributed by atoms with E-state index in [2.05, 4.69) is 68.3 Å². The lowest BCUT2D eigenvalue weighted by atomic mass is 10.00. The van der Waals surface area contributed by atoms with Crippen molar-refractivity contribution in [2.75, 3.05) is 0 Å². The van der Waals surface area contributed by atoms with Gasteiger partial charge in [-0.2, -0.15) is 0 Å². The summed E-state index contributed by atoms with van der Waals surface area (Å²) >= 11 is 7.04. The van der Waals surface area contributed by atoms with Crippen molar-refractivity contribution >= 4 is 37.4 Å². The van der Waals surface area contributed by atoms with Gasteiger partial charge in [0.15, 0.2) is 0 Å². The normalized spacial score (nSPS) is 20.7. The van der Waals surface area contributed by atoms with Crippen LogP contribution in [0.15, 0.2) is 47.0 Å². The van der Waals surface area contributed by atoms with E-state index in [1.807, 2.05) is 6.07 Å². The fourth-order valence-corrected chi connectivity index (χ4v) is 2.22. The van der Waals surface area contributed by atoms with Gasteiger partial charge < -0.3 is 0 Å². The Bertz CT molecular complexity index is 391. The summed E-state index contributed by atoms with van der Waals surface area (Å²) < 4.78 is 1.13. The minimum atomic E-state index is 0.499. The first-order valence-electron chi connectivity index (χ1n) is 4.54. The topological polar surface area (TPSA) is 0 Å². The van der Waals surface area contributed by atoms with E-state index in [1.165, 1.54) is 11.1 Å². The van der Waals surface area contributed by atoms with Crippen LogP contribution in [0, 0.1) is 0 Å². The maximum absolute atomic E-state index is 3.56. The molecule has 1 aromatic carbocycles. The van der Waals surface area contributed by atoms with Gasteiger partial charge in [-0.1, -0.05) is 62.2 Å². The van der Waals surface area contributed by atoms with Crippen LogP contribution in [-0.4, -0.2) is 4.83 Å². The number of hydrogen-bond acceptors (Lipinski definition) is 0. The van der Waals surface area contributed by atoms with E-state index in [-0.39, 0.29) is 0 Å². The summed E-state index contributed by atoms with van der Waals surface area (Å²) in [6.45, 7) is 0. The van der Waals surface area contributed by atoms with Crippen LogP contribution in [0.1, 0.15) is 12.0 Å². The smallest absolute Gasteiger partial charge is 0.0363 e. The fourth-order valence-electron chi connectivity index (χ4n) is 1.48. The number of alkyl halides is 1. The Labute approximate surface area is 101 Å². The van der Waals surface area contributed by atoms with E-state index in [0.29, 0.717) is 4.83 Å². The summed E-state index contributed by atoms with van der Waals surface area (Å²) in [4.78, 5) is 0.499. The molecular weight excluding hydrogens is 304 g/mol. The van der Waals surface area contributed by atoms with Crippen LogP contribution in [0.4, 0.5) is 0 Å². The molecule has 72 valence electrons. The number of hydrogen-bond donors (Lipinski definition) is 0. The number of allylic oxidation sites excluding steroid dienone is 4. The first kappa shape index (κ1) is 10.2. The molecule has 0 spiro atoms. The number of rotatable bonds is 1. The molecule has 1 unspecified atom stereocenters. The van der Waals surface area contributed by atoms with E-state index in [1.54, 1.807) is 0 Å². The second-order valence-electron chi connectivity index (χ2n) is 3.28. The van der Waals surface area contributed by atoms with Gasteiger partial charge in [-0.15, -0.1) is 0 Å². The fraction of sp³-hybridized carbons (Fsp3) is 0.167. The van der Waals surface area contributed by atoms with E-state index in [9.17, 15) is 0 Å². The van der Waals surface area contributed by atoms with Gasteiger partial charge in [-0.05, 0) is 29.7 Å². The zero-order chi connectivity index (χ0) is 9.97. The van der Waals surface area contributed by atoms with Crippen molar-refractivity contribution in [3.8, 4) is 0 Å². The van der Waals surface area contributed by atoms with E-state index >= 15 is 0 Å². The van der Waals surface area contributed by atoms with Crippen LogP contribution < -0.4 is 0 Å². The molecule has 1 atom stereocenters. The van der Waals surface area contributed by atoms with Crippen LogP contribution in [0.2, 0.25) is 0 Å². The predicted octanol–water partition coefficient (Wildman–Crippen LogP) is 4.56. The highest BCUT2D eigenvalue weighted by molar-refractivity contribution is 9.10. The SMILES string of the molecule is Brc1cccc(C2=CCC(Br)C=C2)c1. The third kappa shape index (κ3) is 2.37. The van der Waals surface area contributed by atoms with Crippen molar-refractivity contribution in [3.05, 3.63) is 52.5 Å². The average Bonchev–Trinajstić information content (AvgIpc) is 2.19. The molecule has 1 aliphatic carbocycles. The summed E-state index contributed by atoms with van der Waals surface area (Å²) in [7, 11) is 0. The van der Waals surface area contributed by atoms with Crippen molar-refractivity contribution in [2.45, 2.75) is 11.2 Å². The highest BCUT2D eigenvalue weighted by Crippen LogP contribution is 2.25. The average molecular weight is 314 g/mol. The van der Waals surface area contributed by atoms with Gasteiger partial charge in [0, 0.05) is 9.30 Å². The molecule has 0 saturated heterocycles. The molecule has 0 aliphatic heterocycles. The summed E-state index contributed by atoms with van der Waals surface area (Å²) in [5.74, 6) is 0. The zero-order valence-electron chi connectivity index (χ0n) is 7.58. The molecule has 0 N–H and O–H groups in total. The van der Waals surface area contributed by atoms with E-state index in [0.717, 1.165) is 10.9 Å². The Balaban J connectivity index is 2.29. The van der Waals surface area contributed by atoms with Crippen LogP contribution in [-0.2, 0) is 0 Å². The number of halogens is 2. The highest BCUT2D eigenvalue weighted by atomic mass is 79.9. The summed E-state index contributed by atoms with van der Waals surface area (Å²) in [6.07, 6.45) is 7.69. The third-order valence-electron chi connectivity index (χ3n) is 2.21. The maximum atomic E-state index is 3.56. The molecule has 0 nitrogen and oxygen atoms in total. The van der Waals surface area contributed by atoms with Crippen LogP contribution >= 0.6 is 31.9 Å². The van der Waals surface area contributed by atoms with Crippen molar-refractivity contribution in [2.24, 2.45) is 0 Å². The lowest BCUT2D eigenvalue weighted by Gasteiger charge is -2.10. The highest BCUT2D eigenvalue weighted by Gasteiger charge is 2.06. The summed E-state index contributed by atoms with van der Waals surface area (Å²) in [5.41, 5.74) is 2.58. The van der Waals surface area contributed by atoms with Crippen LogP contribution in [0.25, 0.3) is 5.57 Å². The van der Waals surface area contributed by atoms with Crippen LogP contribution in [0.5, 0.6) is 0 Å². The molecule has 0 heterocycles.